The van der Waals surface area contributed by atoms with Gasteiger partial charge in [0.15, 0.2) is 6.40 Å². The van der Waals surface area contributed by atoms with Gasteiger partial charge >= 0.3 is 0 Å². The van der Waals surface area contributed by atoms with Gasteiger partial charge in [0, 0.05) is 5.41 Å². The predicted octanol–water partition coefficient (Wildman–Crippen LogP) is 3.41. The molecule has 0 amide bonds. The van der Waals surface area contributed by atoms with Crippen LogP contribution in [0.4, 0.5) is 0 Å². The number of aliphatic imine (C=N–C) groups is 1. The van der Waals surface area contributed by atoms with Crippen LogP contribution in [0.3, 0.4) is 0 Å². The summed E-state index contributed by atoms with van der Waals surface area (Å²) in [5.74, 6) is 1.52. The van der Waals surface area contributed by atoms with E-state index >= 15 is 0 Å². The molecule has 3 aliphatic rings. The average Bonchev–Trinajstić information content (AvgIpc) is 2.50. The second-order valence-corrected chi connectivity index (χ2v) is 6.22. The van der Waals surface area contributed by atoms with Crippen molar-refractivity contribution in [1.82, 2.24) is 0 Å². The Bertz CT molecular complexity index is 289. The van der Waals surface area contributed by atoms with Gasteiger partial charge in [-0.15, -0.1) is 0 Å². The third kappa shape index (κ3) is 1.28. The molecule has 0 bridgehead atoms. The fourth-order valence-electron chi connectivity index (χ4n) is 4.56. The molecule has 1 aliphatic heterocycles. The van der Waals surface area contributed by atoms with Crippen LogP contribution in [0.1, 0.15) is 52.4 Å². The lowest BCUT2D eigenvalue weighted by molar-refractivity contribution is -0.141. The Labute approximate surface area is 98.5 Å². The largest absolute Gasteiger partial charge is 0.477 e. The Morgan fingerprint density at radius 2 is 1.88 bits per heavy atom. The first-order chi connectivity index (χ1) is 7.76. The van der Waals surface area contributed by atoms with Crippen LogP contribution in [0, 0.1) is 17.3 Å². The molecule has 2 aliphatic carbocycles. The Kier molecular flexibility index (Phi) is 2.49. The van der Waals surface area contributed by atoms with Crippen molar-refractivity contribution in [1.29, 1.82) is 0 Å². The van der Waals surface area contributed by atoms with Crippen molar-refractivity contribution in [3.63, 3.8) is 0 Å². The molecule has 16 heavy (non-hydrogen) atoms. The van der Waals surface area contributed by atoms with Crippen LogP contribution in [-0.2, 0) is 4.74 Å². The van der Waals surface area contributed by atoms with E-state index in [9.17, 15) is 0 Å². The minimum atomic E-state index is 0.429. The fourth-order valence-corrected chi connectivity index (χ4v) is 4.56. The number of hydrogen-bond donors (Lipinski definition) is 0. The maximum Gasteiger partial charge on any atom is 0.170 e. The van der Waals surface area contributed by atoms with E-state index in [1.54, 1.807) is 6.40 Å². The minimum absolute atomic E-state index is 0.429. The molecule has 1 spiro atoms. The molecule has 2 heteroatoms. The summed E-state index contributed by atoms with van der Waals surface area (Å²) >= 11 is 0. The molecule has 3 atom stereocenters. The summed E-state index contributed by atoms with van der Waals surface area (Å²) in [5.41, 5.74) is 0.478. The van der Waals surface area contributed by atoms with Gasteiger partial charge in [0.1, 0.15) is 6.10 Å². The van der Waals surface area contributed by atoms with E-state index in [1.807, 2.05) is 0 Å². The second kappa shape index (κ2) is 3.75. The Balaban J connectivity index is 1.86. The molecular formula is C14H23NO. The summed E-state index contributed by atoms with van der Waals surface area (Å²) in [6.45, 7) is 4.72. The van der Waals surface area contributed by atoms with E-state index in [4.69, 9.17) is 4.74 Å². The predicted molar refractivity (Wildman–Crippen MR) is 65.6 cm³/mol. The molecule has 0 saturated heterocycles. The Morgan fingerprint density at radius 1 is 1.19 bits per heavy atom. The number of rotatable bonds is 1. The van der Waals surface area contributed by atoms with Crippen LogP contribution in [0.5, 0.6) is 0 Å². The molecule has 90 valence electrons. The molecule has 2 nitrogen and oxygen atoms in total. The topological polar surface area (TPSA) is 21.6 Å². The molecule has 0 aromatic carbocycles. The van der Waals surface area contributed by atoms with Gasteiger partial charge in [0.05, 0.1) is 6.04 Å². The van der Waals surface area contributed by atoms with Crippen LogP contribution in [0.15, 0.2) is 4.99 Å². The van der Waals surface area contributed by atoms with Gasteiger partial charge in [-0.05, 0) is 24.7 Å². The molecule has 0 radical (unpaired) electrons. The van der Waals surface area contributed by atoms with Crippen molar-refractivity contribution in [2.24, 2.45) is 22.2 Å². The van der Waals surface area contributed by atoms with E-state index in [2.05, 4.69) is 18.8 Å². The zero-order valence-corrected chi connectivity index (χ0v) is 10.5. The summed E-state index contributed by atoms with van der Waals surface area (Å²) in [7, 11) is 0. The zero-order valence-electron chi connectivity index (χ0n) is 10.5. The van der Waals surface area contributed by atoms with E-state index in [0.29, 0.717) is 17.6 Å². The third-order valence-corrected chi connectivity index (χ3v) is 5.10. The first-order valence-electron chi connectivity index (χ1n) is 6.93. The van der Waals surface area contributed by atoms with E-state index < -0.39 is 0 Å². The Morgan fingerprint density at radius 3 is 2.50 bits per heavy atom. The number of nitrogens with zero attached hydrogens (tertiary/aromatic N) is 1. The van der Waals surface area contributed by atoms with Gasteiger partial charge in [0.2, 0.25) is 0 Å². The van der Waals surface area contributed by atoms with Crippen molar-refractivity contribution < 1.29 is 4.74 Å². The number of ether oxygens (including phenoxy) is 1. The molecule has 2 unspecified atom stereocenters. The van der Waals surface area contributed by atoms with Crippen molar-refractivity contribution in [3.8, 4) is 0 Å². The molecule has 0 aromatic heterocycles. The highest BCUT2D eigenvalue weighted by atomic mass is 16.5. The highest BCUT2D eigenvalue weighted by Gasteiger charge is 2.64. The van der Waals surface area contributed by atoms with Crippen molar-refractivity contribution >= 4 is 6.40 Å². The molecule has 3 rings (SSSR count). The fraction of sp³-hybridized carbons (Fsp3) is 0.929. The summed E-state index contributed by atoms with van der Waals surface area (Å²) in [5, 5.41) is 0. The lowest BCUT2D eigenvalue weighted by atomic mass is 9.48. The maximum absolute atomic E-state index is 5.79. The van der Waals surface area contributed by atoms with Crippen LogP contribution in [-0.4, -0.2) is 18.5 Å². The van der Waals surface area contributed by atoms with Gasteiger partial charge in [-0.3, -0.25) is 4.99 Å². The summed E-state index contributed by atoms with van der Waals surface area (Å²) < 4.78 is 5.79. The lowest BCUT2D eigenvalue weighted by Gasteiger charge is -2.58. The molecule has 0 N–H and O–H groups in total. The summed E-state index contributed by atoms with van der Waals surface area (Å²) in [6, 6.07) is 0.484. The molecular weight excluding hydrogens is 198 g/mol. The highest BCUT2D eigenvalue weighted by Crippen LogP contribution is 2.61. The summed E-state index contributed by atoms with van der Waals surface area (Å²) in [4.78, 5) is 4.54. The number of hydrogen-bond acceptors (Lipinski definition) is 2. The van der Waals surface area contributed by atoms with Crippen LogP contribution >= 0.6 is 0 Å². The number of fused-ring (bicyclic) bond motifs is 2. The molecule has 2 saturated carbocycles. The van der Waals surface area contributed by atoms with Crippen LogP contribution in [0.25, 0.3) is 0 Å². The van der Waals surface area contributed by atoms with Gasteiger partial charge in [0.25, 0.3) is 0 Å². The van der Waals surface area contributed by atoms with Crippen molar-refractivity contribution in [2.45, 2.75) is 64.5 Å². The minimum Gasteiger partial charge on any atom is -0.477 e. The highest BCUT2D eigenvalue weighted by molar-refractivity contribution is 5.52. The van der Waals surface area contributed by atoms with Crippen LogP contribution < -0.4 is 0 Å². The first-order valence-corrected chi connectivity index (χ1v) is 6.93. The van der Waals surface area contributed by atoms with Crippen LogP contribution in [0.2, 0.25) is 0 Å². The van der Waals surface area contributed by atoms with E-state index in [1.165, 1.54) is 38.5 Å². The average molecular weight is 221 g/mol. The van der Waals surface area contributed by atoms with Crippen molar-refractivity contribution in [3.05, 3.63) is 0 Å². The summed E-state index contributed by atoms with van der Waals surface area (Å²) in [6.07, 6.45) is 10.5. The monoisotopic (exact) mass is 221 g/mol. The van der Waals surface area contributed by atoms with Gasteiger partial charge in [-0.25, -0.2) is 0 Å². The first kappa shape index (κ1) is 10.6. The third-order valence-electron chi connectivity index (χ3n) is 5.10. The zero-order chi connectivity index (χ0) is 11.2. The lowest BCUT2D eigenvalue weighted by Crippen LogP contribution is -2.64. The second-order valence-electron chi connectivity index (χ2n) is 6.22. The smallest absolute Gasteiger partial charge is 0.170 e. The molecule has 2 fully saturated rings. The maximum atomic E-state index is 5.79. The Hall–Kier alpha value is -0.530. The standard InChI is InChI=1S/C14H23NO/c1-10(2)11-12-13(16-9-15-12)14(11)7-5-3-4-6-8-14/h9-13H,3-8H2,1-2H3/t11?,12-,13?/m1/s1. The van der Waals surface area contributed by atoms with Gasteiger partial charge in [-0.1, -0.05) is 39.5 Å². The SMILES string of the molecule is CC(C)C1[C@H]2N=COC2C12CCCCCC2. The van der Waals surface area contributed by atoms with Gasteiger partial charge < -0.3 is 4.74 Å². The molecule has 0 aromatic rings. The quantitative estimate of drug-likeness (QED) is 0.665. The normalized spacial score (nSPS) is 40.3. The van der Waals surface area contributed by atoms with Crippen molar-refractivity contribution in [2.75, 3.05) is 0 Å². The van der Waals surface area contributed by atoms with E-state index in [-0.39, 0.29) is 0 Å². The molecule has 1 heterocycles. The van der Waals surface area contributed by atoms with E-state index in [0.717, 1.165) is 11.8 Å². The van der Waals surface area contributed by atoms with Gasteiger partial charge in [-0.2, -0.15) is 0 Å².